The molecular formula is C25H32Cl2O3Ti. The van der Waals surface area contributed by atoms with Gasteiger partial charge in [-0.1, -0.05) is 0 Å². The van der Waals surface area contributed by atoms with E-state index in [1.54, 1.807) is 6.26 Å². The van der Waals surface area contributed by atoms with Gasteiger partial charge in [-0.2, -0.15) is 0 Å². The molecule has 3 aromatic rings. The topological polar surface area (TPSA) is 31.6 Å². The molecule has 3 nitrogen and oxygen atoms in total. The van der Waals surface area contributed by atoms with Crippen molar-refractivity contribution in [3.63, 3.8) is 0 Å². The molecule has 31 heavy (non-hydrogen) atoms. The van der Waals surface area contributed by atoms with E-state index in [0.29, 0.717) is 0 Å². The van der Waals surface area contributed by atoms with E-state index in [0.717, 1.165) is 17.3 Å². The van der Waals surface area contributed by atoms with Crippen LogP contribution in [0.4, 0.5) is 0 Å². The van der Waals surface area contributed by atoms with Crippen LogP contribution in [0.1, 0.15) is 58.4 Å². The fourth-order valence-electron chi connectivity index (χ4n) is 3.14. The summed E-state index contributed by atoms with van der Waals surface area (Å²) in [6.07, 6.45) is 1.67. The maximum atomic E-state index is 6.55. The molecule has 0 unspecified atom stereocenters. The predicted octanol–water partition coefficient (Wildman–Crippen LogP) is 7.47. The second kappa shape index (κ2) is 11.4. The van der Waals surface area contributed by atoms with E-state index in [9.17, 15) is 0 Å². The average molecular weight is 499 g/mol. The maximum absolute atomic E-state index is 6.55. The summed E-state index contributed by atoms with van der Waals surface area (Å²) in [6.45, 7) is 13.2. The fourth-order valence-corrected chi connectivity index (χ4v) is 5.24. The molecule has 0 fully saturated rings. The molecule has 0 aliphatic carbocycles. The smallest absolute Gasteiger partial charge is 0.147 e. The van der Waals surface area contributed by atoms with Crippen LogP contribution in [0.2, 0.25) is 0 Å². The molecule has 0 bridgehead atoms. The predicted molar refractivity (Wildman–Crippen MR) is 130 cm³/mol. The Bertz CT molecular complexity index is 923. The van der Waals surface area contributed by atoms with Crippen LogP contribution in [-0.2, 0) is 29.0 Å². The van der Waals surface area contributed by atoms with E-state index >= 15 is 0 Å². The molecule has 0 aliphatic rings. The maximum Gasteiger partial charge on any atom is -0.147 e. The number of furan rings is 1. The van der Waals surface area contributed by atoms with Crippen LogP contribution in [0.25, 0.3) is 0 Å². The Hall–Kier alpha value is -1.52. The third kappa shape index (κ3) is 7.54. The summed E-state index contributed by atoms with van der Waals surface area (Å²) in [4.78, 5) is 0. The summed E-state index contributed by atoms with van der Waals surface area (Å²) >= 11 is -2.63. The number of benzene rings is 2. The Morgan fingerprint density at radius 2 is 1.13 bits per heavy atom. The zero-order valence-corrected chi connectivity index (χ0v) is 22.2. The second-order valence-corrected chi connectivity index (χ2v) is 11.3. The summed E-state index contributed by atoms with van der Waals surface area (Å²) in [5.74, 6) is 2.54. The minimum atomic E-state index is -2.63. The Labute approximate surface area is 205 Å². The molecule has 1 aromatic heterocycles. The van der Waals surface area contributed by atoms with Crippen molar-refractivity contribution >= 4 is 29.1 Å². The molecule has 0 N–H and O–H groups in total. The summed E-state index contributed by atoms with van der Waals surface area (Å²) in [5, 5.41) is 0. The third-order valence-electron chi connectivity index (χ3n) is 4.61. The normalized spacial score (nSPS) is 11.0. The molecule has 0 atom stereocenters. The molecular weight excluding hydrogens is 467 g/mol. The van der Waals surface area contributed by atoms with Crippen molar-refractivity contribution in [1.29, 1.82) is 0 Å². The molecule has 0 spiro atoms. The quantitative estimate of drug-likeness (QED) is 0.341. The van der Waals surface area contributed by atoms with Gasteiger partial charge in [0.15, 0.2) is 0 Å². The third-order valence-corrected chi connectivity index (χ3v) is 6.74. The molecule has 0 aliphatic heterocycles. The molecule has 6 heteroatoms. The fraction of sp³-hybridized carbons (Fsp3) is 0.320. The van der Waals surface area contributed by atoms with Crippen molar-refractivity contribution in [3.05, 3.63) is 83.8 Å². The zero-order valence-electron chi connectivity index (χ0n) is 19.0. The molecule has 168 valence electrons. The Balaban J connectivity index is 0.00000240. The van der Waals surface area contributed by atoms with Crippen LogP contribution in [0.5, 0.6) is 11.5 Å². The largest absolute Gasteiger partial charge is 0.147 e. The van der Waals surface area contributed by atoms with Crippen molar-refractivity contribution in [2.75, 3.05) is 0 Å². The standard InChI is InChI=1S/2C10H14O.C5H4O.2ClH.Ti/c2*1-10(2,3)8-6-4-5-7-9(8)11;1-5-3-2-4-6-5;;;/h2*4-7,11H,1-3H3;1-4H;2*1H;/q;;;;;+2/p-2. The first kappa shape index (κ1) is 27.5. The second-order valence-electron chi connectivity index (χ2n) is 9.18. The van der Waals surface area contributed by atoms with Gasteiger partial charge in [0.2, 0.25) is 0 Å². The molecule has 3 rings (SSSR count). The number of halogens is 2. The van der Waals surface area contributed by atoms with Gasteiger partial charge in [0, 0.05) is 0 Å². The van der Waals surface area contributed by atoms with E-state index < -0.39 is 18.2 Å². The van der Waals surface area contributed by atoms with Gasteiger partial charge >= 0.3 is 181 Å². The van der Waals surface area contributed by atoms with Gasteiger partial charge in [-0.25, -0.2) is 0 Å². The minimum absolute atomic E-state index is 0. The van der Waals surface area contributed by atoms with E-state index in [1.807, 2.05) is 40.7 Å². The minimum Gasteiger partial charge on any atom is -0.147 e. The molecule has 2 aromatic carbocycles. The number of rotatable bonds is 5. The van der Waals surface area contributed by atoms with Gasteiger partial charge in [-0.15, -0.1) is 24.8 Å². The van der Waals surface area contributed by atoms with E-state index in [4.69, 9.17) is 11.1 Å². The van der Waals surface area contributed by atoms with Crippen LogP contribution in [0.15, 0.2) is 71.3 Å². The van der Waals surface area contributed by atoms with Crippen LogP contribution >= 0.6 is 24.8 Å². The first-order valence-corrected chi connectivity index (χ1v) is 12.1. The number of para-hydroxylation sites is 2. The molecule has 1 heterocycles. The zero-order chi connectivity index (χ0) is 21.1. The molecule has 0 saturated heterocycles. The van der Waals surface area contributed by atoms with Crippen LogP contribution in [0.3, 0.4) is 0 Å². The molecule has 0 amide bonds. The Kier molecular flexibility index (Phi) is 10.1. The monoisotopic (exact) mass is 498 g/mol. The molecule has 0 saturated carbocycles. The van der Waals surface area contributed by atoms with Gasteiger partial charge < -0.3 is 0 Å². The van der Waals surface area contributed by atoms with Gasteiger partial charge in [-0.3, -0.25) is 0 Å². The van der Waals surface area contributed by atoms with Gasteiger partial charge in [-0.05, 0) is 0 Å². The van der Waals surface area contributed by atoms with Crippen LogP contribution in [0, 0.1) is 0 Å². The first-order valence-electron chi connectivity index (χ1n) is 9.94. The SMILES string of the molecule is CC(C)(C)c1ccccc1[O][Ti](=[CH]c1ccco1)[O]c1ccccc1C(C)(C)C.Cl.Cl. The molecule has 0 radical (unpaired) electrons. The van der Waals surface area contributed by atoms with Crippen molar-refractivity contribution in [2.45, 2.75) is 52.4 Å². The van der Waals surface area contributed by atoms with Gasteiger partial charge in [0.25, 0.3) is 0 Å². The van der Waals surface area contributed by atoms with Crippen molar-refractivity contribution in [2.24, 2.45) is 0 Å². The first-order chi connectivity index (χ1) is 13.6. The summed E-state index contributed by atoms with van der Waals surface area (Å²) in [5.41, 5.74) is 2.30. The van der Waals surface area contributed by atoms with Crippen molar-refractivity contribution in [3.8, 4) is 11.5 Å². The van der Waals surface area contributed by atoms with Gasteiger partial charge in [0.05, 0.1) is 0 Å². The van der Waals surface area contributed by atoms with Gasteiger partial charge in [0.1, 0.15) is 0 Å². The van der Waals surface area contributed by atoms with Crippen molar-refractivity contribution < 1.29 is 29.2 Å². The van der Waals surface area contributed by atoms with E-state index in [1.165, 1.54) is 11.1 Å². The van der Waals surface area contributed by atoms with Crippen LogP contribution < -0.4 is 6.64 Å². The van der Waals surface area contributed by atoms with Crippen LogP contribution in [-0.4, -0.2) is 4.31 Å². The Morgan fingerprint density at radius 3 is 1.52 bits per heavy atom. The Morgan fingerprint density at radius 1 is 0.677 bits per heavy atom. The van der Waals surface area contributed by atoms with Crippen molar-refractivity contribution in [1.82, 2.24) is 0 Å². The van der Waals surface area contributed by atoms with E-state index in [-0.39, 0.29) is 35.6 Å². The number of hydrogen-bond acceptors (Lipinski definition) is 3. The summed E-state index contributed by atoms with van der Waals surface area (Å²) in [7, 11) is 0. The summed E-state index contributed by atoms with van der Waals surface area (Å²) < 4.78 is 20.7. The average Bonchev–Trinajstić information content (AvgIpc) is 3.14. The van der Waals surface area contributed by atoms with E-state index in [2.05, 4.69) is 65.8 Å². The number of hydrogen-bond donors (Lipinski definition) is 0. The summed E-state index contributed by atoms with van der Waals surface area (Å²) in [6, 6.07) is 20.3.